The molecule has 5 heteroatoms. The second-order valence-electron chi connectivity index (χ2n) is 6.76. The highest BCUT2D eigenvalue weighted by Crippen LogP contribution is 2.40. The molecule has 1 aromatic carbocycles. The molecule has 0 aromatic heterocycles. The van der Waals surface area contributed by atoms with Gasteiger partial charge in [-0.1, -0.05) is 44.0 Å². The van der Waals surface area contributed by atoms with Crippen molar-refractivity contribution in [2.75, 3.05) is 5.73 Å². The number of halogens is 2. The molecular weight excluding hydrogens is 309 g/mol. The maximum Gasteiger partial charge on any atom is 0.342 e. The molecule has 3 nitrogen and oxygen atoms in total. The molecule has 0 saturated heterocycles. The highest BCUT2D eigenvalue weighted by atomic mass is 35.5. The largest absolute Gasteiger partial charge is 0.459 e. The van der Waals surface area contributed by atoms with Crippen molar-refractivity contribution >= 4 is 34.9 Å². The van der Waals surface area contributed by atoms with E-state index in [4.69, 9.17) is 33.7 Å². The fraction of sp³-hybridized carbons (Fsp3) is 0.562. The van der Waals surface area contributed by atoms with Crippen LogP contribution in [0.4, 0.5) is 5.69 Å². The minimum absolute atomic E-state index is 0.106. The minimum Gasteiger partial charge on any atom is -0.459 e. The third-order valence-electron chi connectivity index (χ3n) is 3.97. The molecule has 0 amide bonds. The molecule has 1 saturated carbocycles. The van der Waals surface area contributed by atoms with Crippen LogP contribution in [0, 0.1) is 11.3 Å². The molecule has 0 radical (unpaired) electrons. The van der Waals surface area contributed by atoms with Crippen LogP contribution < -0.4 is 5.73 Å². The van der Waals surface area contributed by atoms with Gasteiger partial charge >= 0.3 is 5.97 Å². The van der Waals surface area contributed by atoms with Crippen LogP contribution in [-0.4, -0.2) is 12.1 Å². The molecule has 2 N–H and O–H groups in total. The quantitative estimate of drug-likeness (QED) is 0.617. The van der Waals surface area contributed by atoms with Gasteiger partial charge in [-0.3, -0.25) is 0 Å². The van der Waals surface area contributed by atoms with Gasteiger partial charge in [0.1, 0.15) is 11.7 Å². The first kappa shape index (κ1) is 16.4. The Morgan fingerprint density at radius 2 is 1.90 bits per heavy atom. The first-order valence-electron chi connectivity index (χ1n) is 7.14. The van der Waals surface area contributed by atoms with E-state index in [-0.39, 0.29) is 27.8 Å². The van der Waals surface area contributed by atoms with E-state index < -0.39 is 5.97 Å². The molecule has 116 valence electrons. The smallest absolute Gasteiger partial charge is 0.342 e. The van der Waals surface area contributed by atoms with E-state index in [0.29, 0.717) is 10.9 Å². The van der Waals surface area contributed by atoms with Gasteiger partial charge in [-0.15, -0.1) is 0 Å². The van der Waals surface area contributed by atoms with Crippen molar-refractivity contribution < 1.29 is 9.53 Å². The van der Waals surface area contributed by atoms with Crippen LogP contribution >= 0.6 is 23.2 Å². The normalized spacial score (nSPS) is 24.6. The first-order valence-corrected chi connectivity index (χ1v) is 7.89. The number of ether oxygens (including phenoxy) is 1. The van der Waals surface area contributed by atoms with E-state index in [2.05, 4.69) is 20.8 Å². The van der Waals surface area contributed by atoms with Crippen molar-refractivity contribution in [1.82, 2.24) is 0 Å². The van der Waals surface area contributed by atoms with Gasteiger partial charge in [-0.25, -0.2) is 4.79 Å². The fourth-order valence-electron chi connectivity index (χ4n) is 3.33. The lowest BCUT2D eigenvalue weighted by Crippen LogP contribution is -2.34. The highest BCUT2D eigenvalue weighted by Gasteiger charge is 2.34. The van der Waals surface area contributed by atoms with Gasteiger partial charge in [-0.05, 0) is 42.7 Å². The molecule has 2 rings (SSSR count). The number of nitrogen functional groups attached to an aromatic ring is 1. The monoisotopic (exact) mass is 329 g/mol. The lowest BCUT2D eigenvalue weighted by molar-refractivity contribution is -0.00702. The van der Waals surface area contributed by atoms with Crippen LogP contribution in [0.3, 0.4) is 0 Å². The maximum atomic E-state index is 12.4. The summed E-state index contributed by atoms with van der Waals surface area (Å²) < 4.78 is 5.64. The lowest BCUT2D eigenvalue weighted by Gasteiger charge is -2.38. The van der Waals surface area contributed by atoms with E-state index >= 15 is 0 Å². The standard InChI is InChI=1S/C16H21Cl2NO2/c1-9-6-10(8-16(2,3)7-9)21-15(20)13-11(17)4-5-12(18)14(13)19/h4-5,9-10H,6-8,19H2,1-3H3. The second-order valence-corrected chi connectivity index (χ2v) is 7.57. The van der Waals surface area contributed by atoms with E-state index in [0.717, 1.165) is 19.3 Å². The Hall–Kier alpha value is -0.930. The van der Waals surface area contributed by atoms with E-state index in [9.17, 15) is 4.79 Å². The number of hydrogen-bond donors (Lipinski definition) is 1. The Kier molecular flexibility index (Phi) is 4.74. The Bertz CT molecular complexity index is 557. The molecule has 2 atom stereocenters. The molecule has 0 spiro atoms. The van der Waals surface area contributed by atoms with E-state index in [1.54, 1.807) is 12.1 Å². The molecule has 1 aliphatic rings. The SMILES string of the molecule is CC1CC(OC(=O)c2c(Cl)ccc(Cl)c2N)CC(C)(C)C1. The Balaban J connectivity index is 2.17. The molecular formula is C16H21Cl2NO2. The van der Waals surface area contributed by atoms with Crippen molar-refractivity contribution in [3.05, 3.63) is 27.7 Å². The third kappa shape index (κ3) is 3.83. The Morgan fingerprint density at radius 3 is 2.52 bits per heavy atom. The van der Waals surface area contributed by atoms with Crippen molar-refractivity contribution in [2.45, 2.75) is 46.1 Å². The Morgan fingerprint density at radius 1 is 1.29 bits per heavy atom. The topological polar surface area (TPSA) is 52.3 Å². The van der Waals surface area contributed by atoms with E-state index in [1.807, 2.05) is 0 Å². The molecule has 0 aliphatic heterocycles. The van der Waals surface area contributed by atoms with Crippen molar-refractivity contribution in [3.63, 3.8) is 0 Å². The summed E-state index contributed by atoms with van der Waals surface area (Å²) in [6.07, 6.45) is 2.75. The van der Waals surface area contributed by atoms with Crippen molar-refractivity contribution in [3.8, 4) is 0 Å². The lowest BCUT2D eigenvalue weighted by atomic mass is 9.71. The summed E-state index contributed by atoms with van der Waals surface area (Å²) in [7, 11) is 0. The number of esters is 1. The van der Waals surface area contributed by atoms with Crippen LogP contribution in [0.5, 0.6) is 0 Å². The van der Waals surface area contributed by atoms with Crippen LogP contribution in [0.2, 0.25) is 10.0 Å². The van der Waals surface area contributed by atoms with Gasteiger partial charge < -0.3 is 10.5 Å². The second kappa shape index (κ2) is 6.05. The number of carbonyl (C=O) groups excluding carboxylic acids is 1. The molecule has 2 unspecified atom stereocenters. The molecule has 1 fully saturated rings. The Labute approximate surface area is 135 Å². The van der Waals surface area contributed by atoms with Crippen LogP contribution in [-0.2, 0) is 4.74 Å². The van der Waals surface area contributed by atoms with Gasteiger partial charge in [0.2, 0.25) is 0 Å². The number of nitrogens with two attached hydrogens (primary N) is 1. The van der Waals surface area contributed by atoms with Crippen molar-refractivity contribution in [1.29, 1.82) is 0 Å². The summed E-state index contributed by atoms with van der Waals surface area (Å²) in [6, 6.07) is 3.13. The number of anilines is 1. The fourth-order valence-corrected chi connectivity index (χ4v) is 3.73. The summed E-state index contributed by atoms with van der Waals surface area (Å²) in [5.74, 6) is 0.0358. The highest BCUT2D eigenvalue weighted by molar-refractivity contribution is 6.38. The minimum atomic E-state index is -0.491. The third-order valence-corrected chi connectivity index (χ3v) is 4.61. The summed E-state index contributed by atoms with van der Waals surface area (Å²) >= 11 is 12.0. The first-order chi connectivity index (χ1) is 9.69. The molecule has 21 heavy (non-hydrogen) atoms. The number of benzene rings is 1. The summed E-state index contributed by atoms with van der Waals surface area (Å²) in [5, 5.41) is 0.578. The van der Waals surface area contributed by atoms with Crippen LogP contribution in [0.15, 0.2) is 12.1 Å². The molecule has 1 aliphatic carbocycles. The van der Waals surface area contributed by atoms with Crippen LogP contribution in [0.25, 0.3) is 0 Å². The molecule has 0 bridgehead atoms. The maximum absolute atomic E-state index is 12.4. The van der Waals surface area contributed by atoms with E-state index in [1.165, 1.54) is 0 Å². The molecule has 0 heterocycles. The van der Waals surface area contributed by atoms with Crippen LogP contribution in [0.1, 0.15) is 50.4 Å². The number of rotatable bonds is 2. The van der Waals surface area contributed by atoms with Gasteiger partial charge in [0.05, 0.1) is 15.7 Å². The van der Waals surface area contributed by atoms with Gasteiger partial charge in [-0.2, -0.15) is 0 Å². The zero-order chi connectivity index (χ0) is 15.8. The predicted octanol–water partition coefficient (Wildman–Crippen LogP) is 4.95. The zero-order valence-electron chi connectivity index (χ0n) is 12.6. The summed E-state index contributed by atoms with van der Waals surface area (Å²) in [4.78, 5) is 12.4. The van der Waals surface area contributed by atoms with Gasteiger partial charge in [0.25, 0.3) is 0 Å². The average Bonchev–Trinajstić information content (AvgIpc) is 2.31. The zero-order valence-corrected chi connectivity index (χ0v) is 14.1. The summed E-state index contributed by atoms with van der Waals surface area (Å²) in [6.45, 7) is 6.58. The summed E-state index contributed by atoms with van der Waals surface area (Å²) in [5.41, 5.74) is 6.37. The van der Waals surface area contributed by atoms with Crippen molar-refractivity contribution in [2.24, 2.45) is 11.3 Å². The molecule has 1 aromatic rings. The van der Waals surface area contributed by atoms with Gasteiger partial charge in [0.15, 0.2) is 0 Å². The predicted molar refractivity (Wildman–Crippen MR) is 86.9 cm³/mol. The average molecular weight is 330 g/mol. The number of hydrogen-bond acceptors (Lipinski definition) is 3. The van der Waals surface area contributed by atoms with Gasteiger partial charge in [0, 0.05) is 0 Å². The number of carbonyl (C=O) groups is 1.